The summed E-state index contributed by atoms with van der Waals surface area (Å²) >= 11 is 1.93. The lowest BCUT2D eigenvalue weighted by Gasteiger charge is -2.24. The molecule has 1 N–H and O–H groups in total. The predicted octanol–water partition coefficient (Wildman–Crippen LogP) is 4.36. The second-order valence-electron chi connectivity index (χ2n) is 6.52. The van der Waals surface area contributed by atoms with Crippen LogP contribution in [-0.2, 0) is 0 Å². The topological polar surface area (TPSA) is 45.2 Å². The van der Waals surface area contributed by atoms with Gasteiger partial charge in [-0.1, -0.05) is 24.1 Å². The lowest BCUT2D eigenvalue weighted by Crippen LogP contribution is -2.30. The van der Waals surface area contributed by atoms with Gasteiger partial charge in [0.1, 0.15) is 5.82 Å². The van der Waals surface area contributed by atoms with Gasteiger partial charge in [-0.15, -0.1) is 0 Å². The number of aryl methyl sites for hydroxylation is 1. The lowest BCUT2D eigenvalue weighted by molar-refractivity contribution is 0.102. The van der Waals surface area contributed by atoms with Crippen molar-refractivity contribution in [3.05, 3.63) is 53.7 Å². The molecule has 0 spiro atoms. The van der Waals surface area contributed by atoms with Crippen LogP contribution in [0.5, 0.6) is 0 Å². The molecule has 3 rings (SSSR count). The van der Waals surface area contributed by atoms with E-state index in [9.17, 15) is 4.79 Å². The van der Waals surface area contributed by atoms with Crippen molar-refractivity contribution in [1.29, 1.82) is 0 Å². The van der Waals surface area contributed by atoms with Gasteiger partial charge in [0.15, 0.2) is 0 Å². The Morgan fingerprint density at radius 2 is 2.00 bits per heavy atom. The van der Waals surface area contributed by atoms with E-state index in [0.717, 1.165) is 24.6 Å². The zero-order valence-corrected chi connectivity index (χ0v) is 15.7. The first-order chi connectivity index (χ1) is 12.2. The monoisotopic (exact) mass is 355 g/mol. The van der Waals surface area contributed by atoms with E-state index in [-0.39, 0.29) is 5.91 Å². The van der Waals surface area contributed by atoms with Crippen molar-refractivity contribution in [2.45, 2.75) is 31.4 Å². The fourth-order valence-electron chi connectivity index (χ4n) is 3.05. The molecule has 0 saturated carbocycles. The summed E-state index contributed by atoms with van der Waals surface area (Å²) in [5.41, 5.74) is 2.56. The third-order valence-electron chi connectivity index (χ3n) is 4.60. The molecule has 1 aliphatic heterocycles. The Bertz CT molecular complexity index is 700. The van der Waals surface area contributed by atoms with Crippen LogP contribution in [0.2, 0.25) is 0 Å². The van der Waals surface area contributed by atoms with Crippen molar-refractivity contribution >= 4 is 29.2 Å². The van der Waals surface area contributed by atoms with Gasteiger partial charge >= 0.3 is 0 Å². The number of amides is 1. The number of hydrogen-bond acceptors (Lipinski definition) is 4. The second-order valence-corrected chi connectivity index (χ2v) is 7.66. The van der Waals surface area contributed by atoms with Crippen molar-refractivity contribution in [1.82, 2.24) is 4.98 Å². The van der Waals surface area contributed by atoms with Gasteiger partial charge in [0.25, 0.3) is 5.91 Å². The van der Waals surface area contributed by atoms with E-state index in [0.29, 0.717) is 10.8 Å². The highest BCUT2D eigenvalue weighted by Gasteiger charge is 2.18. The number of aromatic nitrogens is 1. The van der Waals surface area contributed by atoms with Crippen molar-refractivity contribution in [2.75, 3.05) is 29.6 Å². The van der Waals surface area contributed by atoms with Gasteiger partial charge in [0.05, 0.1) is 5.56 Å². The Kier molecular flexibility index (Phi) is 5.97. The molecule has 25 heavy (non-hydrogen) atoms. The standard InChI is InChI=1S/C20H25N3OS/c1-15-6-9-17(10-7-15)22-20(24)16-8-11-19(21-13-16)23-12-4-3-5-18(14-23)25-2/h6-11,13,18H,3-5,12,14H2,1-2H3,(H,22,24). The van der Waals surface area contributed by atoms with Crippen molar-refractivity contribution in [3.63, 3.8) is 0 Å². The minimum absolute atomic E-state index is 0.124. The molecule has 4 nitrogen and oxygen atoms in total. The fraction of sp³-hybridized carbons (Fsp3) is 0.400. The Balaban J connectivity index is 1.66. The van der Waals surface area contributed by atoms with Crippen LogP contribution < -0.4 is 10.2 Å². The molecule has 2 aromatic rings. The molecule has 0 bridgehead atoms. The summed E-state index contributed by atoms with van der Waals surface area (Å²) in [7, 11) is 0. The number of benzene rings is 1. The van der Waals surface area contributed by atoms with Crippen LogP contribution in [0.3, 0.4) is 0 Å². The molecule has 1 fully saturated rings. The summed E-state index contributed by atoms with van der Waals surface area (Å²) in [5, 5.41) is 3.58. The molecule has 5 heteroatoms. The van der Waals surface area contributed by atoms with Crippen molar-refractivity contribution < 1.29 is 4.79 Å². The largest absolute Gasteiger partial charge is 0.356 e. The highest BCUT2D eigenvalue weighted by Crippen LogP contribution is 2.23. The molecule has 2 heterocycles. The molecule has 1 amide bonds. The third-order valence-corrected chi connectivity index (χ3v) is 5.66. The fourth-order valence-corrected chi connectivity index (χ4v) is 3.78. The quantitative estimate of drug-likeness (QED) is 0.885. The number of anilines is 2. The minimum atomic E-state index is -0.124. The van der Waals surface area contributed by atoms with Crippen LogP contribution >= 0.6 is 11.8 Å². The summed E-state index contributed by atoms with van der Waals surface area (Å²) in [6.45, 7) is 4.10. The van der Waals surface area contributed by atoms with Crippen LogP contribution in [0.15, 0.2) is 42.6 Å². The zero-order valence-electron chi connectivity index (χ0n) is 14.9. The van der Waals surface area contributed by atoms with Crippen LogP contribution in [0.25, 0.3) is 0 Å². The number of rotatable bonds is 4. The SMILES string of the molecule is CSC1CCCCN(c2ccc(C(=O)Nc3ccc(C)cc3)cn2)C1. The number of nitrogens with zero attached hydrogens (tertiary/aromatic N) is 2. The molecule has 1 unspecified atom stereocenters. The third kappa shape index (κ3) is 4.75. The average Bonchev–Trinajstić information content (AvgIpc) is 2.89. The van der Waals surface area contributed by atoms with Crippen LogP contribution in [0.4, 0.5) is 11.5 Å². The molecule has 1 atom stereocenters. The summed E-state index contributed by atoms with van der Waals surface area (Å²) in [6, 6.07) is 11.6. The minimum Gasteiger partial charge on any atom is -0.356 e. The molecular formula is C20H25N3OS. The van der Waals surface area contributed by atoms with Crippen LogP contribution in [0, 0.1) is 6.92 Å². The summed E-state index contributed by atoms with van der Waals surface area (Å²) < 4.78 is 0. The molecule has 132 valence electrons. The van der Waals surface area contributed by atoms with E-state index in [1.807, 2.05) is 55.1 Å². The van der Waals surface area contributed by atoms with E-state index < -0.39 is 0 Å². The Labute approximate surface area is 154 Å². The zero-order chi connectivity index (χ0) is 17.6. The second kappa shape index (κ2) is 8.39. The van der Waals surface area contributed by atoms with Gasteiger partial charge in [0.2, 0.25) is 0 Å². The number of hydrogen-bond donors (Lipinski definition) is 1. The van der Waals surface area contributed by atoms with E-state index in [1.165, 1.54) is 24.8 Å². The predicted molar refractivity (Wildman–Crippen MR) is 107 cm³/mol. The first kappa shape index (κ1) is 17.8. The highest BCUT2D eigenvalue weighted by atomic mass is 32.2. The van der Waals surface area contributed by atoms with E-state index >= 15 is 0 Å². The average molecular weight is 356 g/mol. The number of carbonyl (C=O) groups is 1. The number of thioether (sulfide) groups is 1. The first-order valence-electron chi connectivity index (χ1n) is 8.77. The summed E-state index contributed by atoms with van der Waals surface area (Å²) in [5.74, 6) is 0.841. The van der Waals surface area contributed by atoms with Gasteiger partial charge in [0, 0.05) is 30.2 Å². The molecular weight excluding hydrogens is 330 g/mol. The molecule has 1 aromatic carbocycles. The van der Waals surface area contributed by atoms with Gasteiger partial charge in [-0.3, -0.25) is 4.79 Å². The molecule has 1 aliphatic rings. The summed E-state index contributed by atoms with van der Waals surface area (Å²) in [4.78, 5) is 19.3. The smallest absolute Gasteiger partial charge is 0.257 e. The number of pyridine rings is 1. The Morgan fingerprint density at radius 1 is 1.20 bits per heavy atom. The van der Waals surface area contributed by atoms with E-state index in [1.54, 1.807) is 6.20 Å². The van der Waals surface area contributed by atoms with E-state index in [4.69, 9.17) is 0 Å². The lowest BCUT2D eigenvalue weighted by atomic mass is 10.2. The van der Waals surface area contributed by atoms with E-state index in [2.05, 4.69) is 21.5 Å². The van der Waals surface area contributed by atoms with Gasteiger partial charge in [-0.05, 0) is 50.3 Å². The number of carbonyl (C=O) groups excluding carboxylic acids is 1. The van der Waals surface area contributed by atoms with Crippen molar-refractivity contribution in [2.24, 2.45) is 0 Å². The summed E-state index contributed by atoms with van der Waals surface area (Å²) in [6.07, 6.45) is 7.61. The van der Waals surface area contributed by atoms with Gasteiger partial charge in [-0.2, -0.15) is 11.8 Å². The van der Waals surface area contributed by atoms with Crippen LogP contribution in [0.1, 0.15) is 35.2 Å². The Morgan fingerprint density at radius 3 is 2.68 bits per heavy atom. The molecule has 0 aliphatic carbocycles. The maximum absolute atomic E-state index is 12.4. The maximum Gasteiger partial charge on any atom is 0.257 e. The van der Waals surface area contributed by atoms with Gasteiger partial charge < -0.3 is 10.2 Å². The molecule has 1 saturated heterocycles. The number of nitrogens with one attached hydrogen (secondary N) is 1. The molecule has 1 aromatic heterocycles. The van der Waals surface area contributed by atoms with Crippen molar-refractivity contribution in [3.8, 4) is 0 Å². The van der Waals surface area contributed by atoms with Crippen LogP contribution in [-0.4, -0.2) is 35.5 Å². The maximum atomic E-state index is 12.4. The highest BCUT2D eigenvalue weighted by molar-refractivity contribution is 7.99. The Hall–Kier alpha value is -2.01. The molecule has 0 radical (unpaired) electrons. The normalized spacial score (nSPS) is 17.8. The first-order valence-corrected chi connectivity index (χ1v) is 10.1. The van der Waals surface area contributed by atoms with Gasteiger partial charge in [-0.25, -0.2) is 4.98 Å².